The van der Waals surface area contributed by atoms with Crippen LogP contribution in [0.15, 0.2) is 6.33 Å². The molecule has 5 heteroatoms. The van der Waals surface area contributed by atoms with Crippen molar-refractivity contribution in [2.24, 2.45) is 5.92 Å². The average Bonchev–Trinajstić information content (AvgIpc) is 2.76. The molecule has 0 aromatic carbocycles. The van der Waals surface area contributed by atoms with Gasteiger partial charge in [-0.15, -0.1) is 0 Å². The van der Waals surface area contributed by atoms with E-state index in [0.717, 1.165) is 38.2 Å². The zero-order valence-corrected chi connectivity index (χ0v) is 12.1. The van der Waals surface area contributed by atoms with E-state index in [-0.39, 0.29) is 11.3 Å². The van der Waals surface area contributed by atoms with Crippen LogP contribution in [0.2, 0.25) is 0 Å². The van der Waals surface area contributed by atoms with Crippen LogP contribution in [0.4, 0.5) is 0 Å². The highest BCUT2D eigenvalue weighted by Crippen LogP contribution is 2.21. The van der Waals surface area contributed by atoms with Crippen molar-refractivity contribution in [3.63, 3.8) is 0 Å². The molecular formula is C14H24N4O. The van der Waals surface area contributed by atoms with Crippen LogP contribution in [0, 0.1) is 5.92 Å². The normalized spacial score (nSPS) is 23.8. The third kappa shape index (κ3) is 3.41. The second kappa shape index (κ2) is 5.82. The molecule has 1 aromatic rings. The van der Waals surface area contributed by atoms with Crippen LogP contribution >= 0.6 is 0 Å². The van der Waals surface area contributed by atoms with E-state index in [1.165, 1.54) is 0 Å². The minimum absolute atomic E-state index is 0.227. The molecule has 0 aliphatic carbocycles. The Balaban J connectivity index is 2.04. The molecule has 0 saturated carbocycles. The van der Waals surface area contributed by atoms with Gasteiger partial charge in [0.15, 0.2) is 5.78 Å². The monoisotopic (exact) mass is 264 g/mol. The molecule has 1 atom stereocenters. The van der Waals surface area contributed by atoms with Crippen LogP contribution in [0.1, 0.15) is 45.9 Å². The van der Waals surface area contributed by atoms with Gasteiger partial charge in [-0.1, -0.05) is 13.8 Å². The van der Waals surface area contributed by atoms with Crippen LogP contribution in [0.25, 0.3) is 0 Å². The third-order valence-corrected chi connectivity index (χ3v) is 3.79. The van der Waals surface area contributed by atoms with Crippen molar-refractivity contribution >= 4 is 5.78 Å². The molecule has 1 aromatic heterocycles. The smallest absolute Gasteiger partial charge is 0.160 e. The SMILES string of the molecule is CC(C)Cn1ncnc1CC(=O)C1(C)CCCCN1. The first-order valence-electron chi connectivity index (χ1n) is 7.16. The summed E-state index contributed by atoms with van der Waals surface area (Å²) < 4.78 is 1.86. The van der Waals surface area contributed by atoms with Gasteiger partial charge < -0.3 is 5.32 Å². The van der Waals surface area contributed by atoms with Gasteiger partial charge in [0.2, 0.25) is 0 Å². The topological polar surface area (TPSA) is 59.8 Å². The maximum Gasteiger partial charge on any atom is 0.160 e. The van der Waals surface area contributed by atoms with E-state index in [4.69, 9.17) is 0 Å². The van der Waals surface area contributed by atoms with Gasteiger partial charge in [-0.3, -0.25) is 4.79 Å². The molecule has 1 saturated heterocycles. The van der Waals surface area contributed by atoms with Crippen LogP contribution in [0.3, 0.4) is 0 Å². The number of rotatable bonds is 5. The van der Waals surface area contributed by atoms with E-state index < -0.39 is 0 Å². The first kappa shape index (κ1) is 14.2. The van der Waals surface area contributed by atoms with Crippen molar-refractivity contribution in [2.45, 2.75) is 58.5 Å². The Bertz CT molecular complexity index is 432. The van der Waals surface area contributed by atoms with Gasteiger partial charge in [-0.05, 0) is 38.6 Å². The van der Waals surface area contributed by atoms with E-state index in [1.807, 2.05) is 11.6 Å². The minimum Gasteiger partial charge on any atom is -0.305 e. The zero-order valence-electron chi connectivity index (χ0n) is 12.1. The fourth-order valence-corrected chi connectivity index (χ4v) is 2.56. The van der Waals surface area contributed by atoms with Crippen molar-refractivity contribution in [2.75, 3.05) is 6.54 Å². The van der Waals surface area contributed by atoms with E-state index in [0.29, 0.717) is 12.3 Å². The zero-order chi connectivity index (χ0) is 13.9. The Morgan fingerprint density at radius 2 is 2.32 bits per heavy atom. The molecule has 106 valence electrons. The molecule has 2 heterocycles. The second-order valence-electron chi connectivity index (χ2n) is 6.07. The Kier molecular flexibility index (Phi) is 4.34. The van der Waals surface area contributed by atoms with Gasteiger partial charge in [0.1, 0.15) is 12.2 Å². The van der Waals surface area contributed by atoms with Crippen molar-refractivity contribution in [1.82, 2.24) is 20.1 Å². The van der Waals surface area contributed by atoms with Gasteiger partial charge in [0.05, 0.1) is 12.0 Å². The molecule has 1 aliphatic heterocycles. The fourth-order valence-electron chi connectivity index (χ4n) is 2.56. The predicted octanol–water partition coefficient (Wildman–Crippen LogP) is 1.58. The number of hydrogen-bond donors (Lipinski definition) is 1. The summed E-state index contributed by atoms with van der Waals surface area (Å²) in [6, 6.07) is 0. The fraction of sp³-hybridized carbons (Fsp3) is 0.786. The molecule has 0 bridgehead atoms. The summed E-state index contributed by atoms with van der Waals surface area (Å²) in [5.41, 5.74) is -0.382. The Morgan fingerprint density at radius 3 is 2.95 bits per heavy atom. The highest BCUT2D eigenvalue weighted by atomic mass is 16.1. The molecule has 2 rings (SSSR count). The molecule has 5 nitrogen and oxygen atoms in total. The summed E-state index contributed by atoms with van der Waals surface area (Å²) in [4.78, 5) is 16.7. The summed E-state index contributed by atoms with van der Waals surface area (Å²) in [5, 5.41) is 7.57. The first-order chi connectivity index (χ1) is 9.01. The van der Waals surface area contributed by atoms with Gasteiger partial charge in [-0.25, -0.2) is 9.67 Å². The van der Waals surface area contributed by atoms with E-state index in [2.05, 4.69) is 29.2 Å². The molecule has 1 unspecified atom stereocenters. The highest BCUT2D eigenvalue weighted by molar-refractivity contribution is 5.89. The van der Waals surface area contributed by atoms with Gasteiger partial charge in [0.25, 0.3) is 0 Å². The van der Waals surface area contributed by atoms with Crippen LogP contribution < -0.4 is 5.32 Å². The molecule has 0 radical (unpaired) electrons. The average molecular weight is 264 g/mol. The number of aromatic nitrogens is 3. The maximum absolute atomic E-state index is 12.5. The standard InChI is InChI=1S/C14H24N4O/c1-11(2)9-18-13(15-10-17-18)8-12(19)14(3)6-4-5-7-16-14/h10-11,16H,4-9H2,1-3H3. The van der Waals surface area contributed by atoms with Gasteiger partial charge >= 0.3 is 0 Å². The third-order valence-electron chi connectivity index (χ3n) is 3.79. The van der Waals surface area contributed by atoms with Crippen LogP contribution in [-0.4, -0.2) is 32.6 Å². The number of hydrogen-bond acceptors (Lipinski definition) is 4. The number of nitrogens with zero attached hydrogens (tertiary/aromatic N) is 3. The summed E-state index contributed by atoms with van der Waals surface area (Å²) in [5.74, 6) is 1.51. The van der Waals surface area contributed by atoms with Crippen molar-refractivity contribution in [3.05, 3.63) is 12.2 Å². The summed E-state index contributed by atoms with van der Waals surface area (Å²) >= 11 is 0. The van der Waals surface area contributed by atoms with Crippen molar-refractivity contribution < 1.29 is 4.79 Å². The van der Waals surface area contributed by atoms with E-state index in [1.54, 1.807) is 6.33 Å². The second-order valence-corrected chi connectivity index (χ2v) is 6.07. The number of carbonyl (C=O) groups is 1. The van der Waals surface area contributed by atoms with Crippen molar-refractivity contribution in [1.29, 1.82) is 0 Å². The number of piperidine rings is 1. The molecule has 0 spiro atoms. The summed E-state index contributed by atoms with van der Waals surface area (Å²) in [6.45, 7) is 8.03. The number of nitrogens with one attached hydrogen (secondary N) is 1. The summed E-state index contributed by atoms with van der Waals surface area (Å²) in [6.07, 6.45) is 5.11. The molecule has 1 aliphatic rings. The number of Topliss-reactive ketones (excluding diaryl/α,β-unsaturated/α-hetero) is 1. The highest BCUT2D eigenvalue weighted by Gasteiger charge is 2.34. The van der Waals surface area contributed by atoms with Crippen LogP contribution in [-0.2, 0) is 17.8 Å². The summed E-state index contributed by atoms with van der Waals surface area (Å²) in [7, 11) is 0. The quantitative estimate of drug-likeness (QED) is 0.877. The first-order valence-corrected chi connectivity index (χ1v) is 7.16. The predicted molar refractivity (Wildman–Crippen MR) is 73.8 cm³/mol. The molecule has 1 fully saturated rings. The van der Waals surface area contributed by atoms with Crippen molar-refractivity contribution in [3.8, 4) is 0 Å². The van der Waals surface area contributed by atoms with Crippen LogP contribution in [0.5, 0.6) is 0 Å². The Hall–Kier alpha value is -1.23. The Morgan fingerprint density at radius 1 is 1.53 bits per heavy atom. The lowest BCUT2D eigenvalue weighted by Gasteiger charge is -2.33. The largest absolute Gasteiger partial charge is 0.305 e. The minimum atomic E-state index is -0.382. The molecular weight excluding hydrogens is 240 g/mol. The van der Waals surface area contributed by atoms with E-state index in [9.17, 15) is 4.79 Å². The lowest BCUT2D eigenvalue weighted by molar-refractivity contribution is -0.125. The van der Waals surface area contributed by atoms with Gasteiger partial charge in [-0.2, -0.15) is 5.10 Å². The lowest BCUT2D eigenvalue weighted by atomic mass is 9.85. The van der Waals surface area contributed by atoms with E-state index >= 15 is 0 Å². The lowest BCUT2D eigenvalue weighted by Crippen LogP contribution is -2.53. The van der Waals surface area contributed by atoms with Gasteiger partial charge in [0, 0.05) is 6.54 Å². The number of carbonyl (C=O) groups excluding carboxylic acids is 1. The Labute approximate surface area is 114 Å². The molecule has 0 amide bonds. The number of ketones is 1. The maximum atomic E-state index is 12.5. The molecule has 1 N–H and O–H groups in total. The molecule has 19 heavy (non-hydrogen) atoms.